The quantitative estimate of drug-likeness (QED) is 0.688. The van der Waals surface area contributed by atoms with E-state index < -0.39 is 16.0 Å². The van der Waals surface area contributed by atoms with Crippen LogP contribution >= 0.6 is 0 Å². The van der Waals surface area contributed by atoms with Gasteiger partial charge in [-0.2, -0.15) is 8.42 Å². The first-order valence-electron chi connectivity index (χ1n) is 3.86. The van der Waals surface area contributed by atoms with Gasteiger partial charge in [0, 0.05) is 0 Å². The normalized spacial score (nSPS) is 11.6. The van der Waals surface area contributed by atoms with Gasteiger partial charge in [-0.15, -0.1) is 3.89 Å². The molecule has 0 aliphatic heterocycles. The lowest BCUT2D eigenvalue weighted by Crippen LogP contribution is -1.97. The first-order valence-corrected chi connectivity index (χ1v) is 5.41. The fourth-order valence-corrected chi connectivity index (χ4v) is 1.92. The average molecular weight is 202 g/mol. The molecule has 72 valence electrons. The first kappa shape index (κ1) is 10.2. The lowest BCUT2D eigenvalue weighted by molar-refractivity contribution is 0.551. The fourth-order valence-electron chi connectivity index (χ4n) is 1.35. The summed E-state index contributed by atoms with van der Waals surface area (Å²) in [5.74, 6) is -0.532. The molecule has 0 spiro atoms. The molecule has 0 saturated heterocycles. The second-order valence-electron chi connectivity index (χ2n) is 3.18. The highest BCUT2D eigenvalue weighted by molar-refractivity contribution is 7.85. The Morgan fingerprint density at radius 1 is 1.15 bits per heavy atom. The highest BCUT2D eigenvalue weighted by atomic mass is 32.3. The van der Waals surface area contributed by atoms with Crippen LogP contribution in [-0.4, -0.2) is 8.42 Å². The molecule has 0 fully saturated rings. The Morgan fingerprint density at radius 3 is 2.00 bits per heavy atom. The third-order valence-electron chi connectivity index (χ3n) is 1.62. The molecule has 0 unspecified atom stereocenters. The molecule has 1 aromatic rings. The summed E-state index contributed by atoms with van der Waals surface area (Å²) in [5.41, 5.74) is 2.39. The van der Waals surface area contributed by atoms with Crippen LogP contribution in [0.2, 0.25) is 0 Å². The lowest BCUT2D eigenvalue weighted by atomic mass is 10.1. The molecule has 1 aromatic carbocycles. The topological polar surface area (TPSA) is 34.1 Å². The molecule has 0 bridgehead atoms. The van der Waals surface area contributed by atoms with Crippen molar-refractivity contribution in [2.45, 2.75) is 19.6 Å². The summed E-state index contributed by atoms with van der Waals surface area (Å²) >= 11 is 0. The van der Waals surface area contributed by atoms with Gasteiger partial charge in [0.2, 0.25) is 0 Å². The summed E-state index contributed by atoms with van der Waals surface area (Å²) in [4.78, 5) is 0. The maximum atomic E-state index is 12.3. The van der Waals surface area contributed by atoms with Crippen LogP contribution < -0.4 is 0 Å². The van der Waals surface area contributed by atoms with Crippen LogP contribution in [0, 0.1) is 13.8 Å². The smallest absolute Gasteiger partial charge is 0.194 e. The minimum Gasteiger partial charge on any atom is -0.194 e. The van der Waals surface area contributed by atoms with Gasteiger partial charge in [0.25, 0.3) is 0 Å². The molecule has 1 rings (SSSR count). The maximum absolute atomic E-state index is 12.3. The maximum Gasteiger partial charge on any atom is 0.306 e. The molecular weight excluding hydrogens is 191 g/mol. The Morgan fingerprint density at radius 2 is 1.62 bits per heavy atom. The van der Waals surface area contributed by atoms with Gasteiger partial charge in [-0.05, 0) is 19.4 Å². The van der Waals surface area contributed by atoms with Crippen LogP contribution in [0.4, 0.5) is 3.89 Å². The van der Waals surface area contributed by atoms with E-state index in [4.69, 9.17) is 0 Å². The van der Waals surface area contributed by atoms with Gasteiger partial charge in [0.15, 0.2) is 0 Å². The Labute approximate surface area is 77.6 Å². The molecule has 0 amide bonds. The summed E-state index contributed by atoms with van der Waals surface area (Å²) in [7, 11) is -4.41. The summed E-state index contributed by atoms with van der Waals surface area (Å²) < 4.78 is 33.0. The van der Waals surface area contributed by atoms with Crippen LogP contribution in [0.3, 0.4) is 0 Å². The van der Waals surface area contributed by atoms with Crippen LogP contribution in [0.25, 0.3) is 0 Å². The predicted octanol–water partition coefficient (Wildman–Crippen LogP) is 2.10. The minimum absolute atomic E-state index is 0.500. The number of halogens is 1. The molecule has 0 atom stereocenters. The van der Waals surface area contributed by atoms with Crippen molar-refractivity contribution in [3.63, 3.8) is 0 Å². The minimum atomic E-state index is -4.41. The van der Waals surface area contributed by atoms with Crippen molar-refractivity contribution in [3.05, 3.63) is 34.9 Å². The Bertz CT molecular complexity index is 389. The van der Waals surface area contributed by atoms with E-state index in [-0.39, 0.29) is 0 Å². The highest BCUT2D eigenvalue weighted by Gasteiger charge is 2.08. The van der Waals surface area contributed by atoms with E-state index in [0.29, 0.717) is 5.56 Å². The summed E-state index contributed by atoms with van der Waals surface area (Å²) in [6, 6.07) is 5.25. The van der Waals surface area contributed by atoms with Crippen molar-refractivity contribution >= 4 is 10.2 Å². The molecule has 2 nitrogen and oxygen atoms in total. The zero-order valence-electron chi connectivity index (χ0n) is 7.54. The van der Waals surface area contributed by atoms with E-state index in [1.807, 2.05) is 19.9 Å². The Hall–Kier alpha value is -0.900. The van der Waals surface area contributed by atoms with Crippen molar-refractivity contribution in [2.24, 2.45) is 0 Å². The molecule has 0 heterocycles. The number of aryl methyl sites for hydroxylation is 2. The molecule has 0 N–H and O–H groups in total. The number of hydrogen-bond donors (Lipinski definition) is 0. The zero-order chi connectivity index (χ0) is 10.1. The third kappa shape index (κ3) is 3.55. The molecule has 0 aromatic heterocycles. The monoisotopic (exact) mass is 202 g/mol. The molecule has 0 aliphatic carbocycles. The van der Waals surface area contributed by atoms with Gasteiger partial charge < -0.3 is 0 Å². The van der Waals surface area contributed by atoms with E-state index >= 15 is 0 Å². The summed E-state index contributed by atoms with van der Waals surface area (Å²) in [5, 5.41) is 0. The van der Waals surface area contributed by atoms with Gasteiger partial charge in [0.05, 0.1) is 0 Å². The van der Waals surface area contributed by atoms with Crippen molar-refractivity contribution in [1.82, 2.24) is 0 Å². The first-order chi connectivity index (χ1) is 5.87. The van der Waals surface area contributed by atoms with Crippen LogP contribution in [0.5, 0.6) is 0 Å². The van der Waals surface area contributed by atoms with Crippen molar-refractivity contribution in [2.75, 3.05) is 0 Å². The Kier molecular flexibility index (Phi) is 2.71. The van der Waals surface area contributed by atoms with Gasteiger partial charge in [0.1, 0.15) is 5.75 Å². The average Bonchev–Trinajstić information content (AvgIpc) is 1.78. The van der Waals surface area contributed by atoms with E-state index in [0.717, 1.165) is 11.1 Å². The summed E-state index contributed by atoms with van der Waals surface area (Å²) in [6.07, 6.45) is 0. The van der Waals surface area contributed by atoms with Crippen molar-refractivity contribution in [1.29, 1.82) is 0 Å². The van der Waals surface area contributed by atoms with E-state index in [1.54, 1.807) is 12.1 Å². The number of benzene rings is 1. The van der Waals surface area contributed by atoms with Gasteiger partial charge >= 0.3 is 10.2 Å². The molecule has 0 aliphatic rings. The third-order valence-corrected chi connectivity index (χ3v) is 2.30. The standard InChI is InChI=1S/C9H11FO2S/c1-7-3-8(2)5-9(4-7)6-13(10,11)12/h3-5H,6H2,1-2H3. The van der Waals surface area contributed by atoms with Crippen molar-refractivity contribution < 1.29 is 12.3 Å². The zero-order valence-corrected chi connectivity index (χ0v) is 8.36. The van der Waals surface area contributed by atoms with Crippen LogP contribution in [0.15, 0.2) is 18.2 Å². The van der Waals surface area contributed by atoms with E-state index in [1.165, 1.54) is 0 Å². The second kappa shape index (κ2) is 3.46. The van der Waals surface area contributed by atoms with Gasteiger partial charge in [-0.1, -0.05) is 29.3 Å². The lowest BCUT2D eigenvalue weighted by Gasteiger charge is -2.01. The molecule has 4 heteroatoms. The number of hydrogen-bond acceptors (Lipinski definition) is 2. The van der Waals surface area contributed by atoms with E-state index in [2.05, 4.69) is 0 Å². The number of rotatable bonds is 2. The van der Waals surface area contributed by atoms with Crippen LogP contribution in [-0.2, 0) is 16.0 Å². The fraction of sp³-hybridized carbons (Fsp3) is 0.333. The van der Waals surface area contributed by atoms with Gasteiger partial charge in [-0.3, -0.25) is 0 Å². The SMILES string of the molecule is Cc1cc(C)cc(CS(=O)(=O)F)c1. The summed E-state index contributed by atoms with van der Waals surface area (Å²) in [6.45, 7) is 3.70. The molecule has 0 radical (unpaired) electrons. The van der Waals surface area contributed by atoms with Crippen LogP contribution in [0.1, 0.15) is 16.7 Å². The van der Waals surface area contributed by atoms with E-state index in [9.17, 15) is 12.3 Å². The highest BCUT2D eigenvalue weighted by Crippen LogP contribution is 2.12. The van der Waals surface area contributed by atoms with Gasteiger partial charge in [-0.25, -0.2) is 0 Å². The predicted molar refractivity (Wildman–Crippen MR) is 49.6 cm³/mol. The molecular formula is C9H11FO2S. The molecule has 0 saturated carbocycles. The Balaban J connectivity index is 3.03. The second-order valence-corrected chi connectivity index (χ2v) is 4.55. The molecule has 13 heavy (non-hydrogen) atoms. The van der Waals surface area contributed by atoms with Crippen molar-refractivity contribution in [3.8, 4) is 0 Å². The largest absolute Gasteiger partial charge is 0.306 e.